The fraction of sp³-hybridized carbons (Fsp3) is 0.812. The third kappa shape index (κ3) is 1.97. The van der Waals surface area contributed by atoms with Crippen molar-refractivity contribution in [3.63, 3.8) is 0 Å². The van der Waals surface area contributed by atoms with E-state index < -0.39 is 17.8 Å². The van der Waals surface area contributed by atoms with E-state index in [-0.39, 0.29) is 35.9 Å². The Kier molecular flexibility index (Phi) is 2.96. The molecule has 4 heteroatoms. The Morgan fingerprint density at radius 1 is 1.15 bits per heavy atom. The first-order valence-electron chi connectivity index (χ1n) is 7.47. The molecule has 1 unspecified atom stereocenters. The number of carbonyl (C=O) groups excluding carboxylic acids is 1. The fourth-order valence-electron chi connectivity index (χ4n) is 4.69. The van der Waals surface area contributed by atoms with Crippen LogP contribution in [0.3, 0.4) is 0 Å². The monoisotopic (exact) mass is 280 g/mol. The van der Waals surface area contributed by atoms with Crippen LogP contribution < -0.4 is 0 Å². The van der Waals surface area contributed by atoms with E-state index in [0.29, 0.717) is 11.1 Å². The number of ketones is 1. The average molecular weight is 280 g/mol. The maximum absolute atomic E-state index is 12.0. The number of fused-ring (bicyclic) bond motifs is 1. The van der Waals surface area contributed by atoms with E-state index in [4.69, 9.17) is 0 Å². The van der Waals surface area contributed by atoms with Gasteiger partial charge in [0.1, 0.15) is 0 Å². The van der Waals surface area contributed by atoms with Crippen molar-refractivity contribution in [1.29, 1.82) is 0 Å². The highest BCUT2D eigenvalue weighted by molar-refractivity contribution is 6.00. The van der Waals surface area contributed by atoms with Gasteiger partial charge < -0.3 is 15.3 Å². The number of carbonyl (C=O) groups is 1. The zero-order valence-corrected chi connectivity index (χ0v) is 12.4. The predicted molar refractivity (Wildman–Crippen MR) is 73.9 cm³/mol. The molecule has 1 fully saturated rings. The molecule has 5 atom stereocenters. The van der Waals surface area contributed by atoms with E-state index in [0.717, 1.165) is 12.8 Å². The lowest BCUT2D eigenvalue weighted by Gasteiger charge is -2.34. The van der Waals surface area contributed by atoms with Crippen molar-refractivity contribution >= 4 is 5.78 Å². The molecule has 3 N–H and O–H groups in total. The van der Waals surface area contributed by atoms with E-state index in [9.17, 15) is 20.1 Å². The molecule has 3 rings (SSSR count). The first-order valence-corrected chi connectivity index (χ1v) is 7.47. The third-order valence-corrected chi connectivity index (χ3v) is 5.56. The molecule has 0 bridgehead atoms. The molecule has 0 amide bonds. The van der Waals surface area contributed by atoms with E-state index in [1.54, 1.807) is 6.92 Å². The van der Waals surface area contributed by atoms with Gasteiger partial charge in [-0.1, -0.05) is 13.8 Å². The van der Waals surface area contributed by atoms with Crippen molar-refractivity contribution in [2.24, 2.45) is 17.3 Å². The van der Waals surface area contributed by atoms with Crippen molar-refractivity contribution in [2.45, 2.75) is 64.3 Å². The van der Waals surface area contributed by atoms with Crippen LogP contribution in [0.5, 0.6) is 0 Å². The molecule has 0 aromatic heterocycles. The summed E-state index contributed by atoms with van der Waals surface area (Å²) in [5.74, 6) is -0.225. The highest BCUT2D eigenvalue weighted by atomic mass is 16.3. The van der Waals surface area contributed by atoms with Gasteiger partial charge in [0.2, 0.25) is 0 Å². The summed E-state index contributed by atoms with van der Waals surface area (Å²) in [6.45, 7) is 6.07. The summed E-state index contributed by atoms with van der Waals surface area (Å²) in [5, 5.41) is 31.6. The van der Waals surface area contributed by atoms with Crippen LogP contribution in [0.1, 0.15) is 46.5 Å². The first-order chi connectivity index (χ1) is 9.12. The Morgan fingerprint density at radius 3 is 2.45 bits per heavy atom. The average Bonchev–Trinajstić information content (AvgIpc) is 2.74. The largest absolute Gasteiger partial charge is 0.390 e. The summed E-state index contributed by atoms with van der Waals surface area (Å²) in [6, 6.07) is 0. The van der Waals surface area contributed by atoms with Crippen molar-refractivity contribution in [3.05, 3.63) is 11.1 Å². The summed E-state index contributed by atoms with van der Waals surface area (Å²) >= 11 is 0. The summed E-state index contributed by atoms with van der Waals surface area (Å²) in [4.78, 5) is 12.0. The Bertz CT molecular complexity index is 489. The lowest BCUT2D eigenvalue weighted by molar-refractivity contribution is -0.117. The SMILES string of the molecule is CC1(C)C[C@H]2[C@H](O)C3=C(C[C@](C)(O)[C@H]2C1)C(=O)CC3O. The van der Waals surface area contributed by atoms with Crippen molar-refractivity contribution in [3.8, 4) is 0 Å². The van der Waals surface area contributed by atoms with Crippen LogP contribution in [0.2, 0.25) is 0 Å². The summed E-state index contributed by atoms with van der Waals surface area (Å²) in [6.07, 6.45) is 0.294. The molecule has 0 aromatic rings. The third-order valence-electron chi connectivity index (χ3n) is 5.56. The Balaban J connectivity index is 2.07. The van der Waals surface area contributed by atoms with Gasteiger partial charge in [-0.05, 0) is 42.6 Å². The summed E-state index contributed by atoms with van der Waals surface area (Å²) in [5.41, 5.74) is 0.0463. The van der Waals surface area contributed by atoms with Gasteiger partial charge in [0.25, 0.3) is 0 Å². The van der Waals surface area contributed by atoms with Crippen molar-refractivity contribution < 1.29 is 20.1 Å². The maximum Gasteiger partial charge on any atom is 0.162 e. The topological polar surface area (TPSA) is 77.8 Å². The summed E-state index contributed by atoms with van der Waals surface area (Å²) in [7, 11) is 0. The molecule has 112 valence electrons. The molecule has 3 aliphatic carbocycles. The fourth-order valence-corrected chi connectivity index (χ4v) is 4.69. The molecular formula is C16H24O4. The minimum atomic E-state index is -0.990. The highest BCUT2D eigenvalue weighted by Gasteiger charge is 2.55. The normalized spacial score (nSPS) is 47.2. The molecule has 0 heterocycles. The van der Waals surface area contributed by atoms with Gasteiger partial charge in [0.15, 0.2) is 5.78 Å². The number of Topliss-reactive ketones (excluding diaryl/α,β-unsaturated/α-hetero) is 1. The zero-order valence-electron chi connectivity index (χ0n) is 12.4. The van der Waals surface area contributed by atoms with Gasteiger partial charge in [-0.2, -0.15) is 0 Å². The Labute approximate surface area is 119 Å². The van der Waals surface area contributed by atoms with Crippen molar-refractivity contribution in [2.75, 3.05) is 0 Å². The van der Waals surface area contributed by atoms with Gasteiger partial charge in [-0.25, -0.2) is 0 Å². The number of aliphatic hydroxyl groups excluding tert-OH is 2. The Hall–Kier alpha value is -0.710. The lowest BCUT2D eigenvalue weighted by Crippen LogP contribution is -2.40. The predicted octanol–water partition coefficient (Wildman–Crippen LogP) is 1.18. The first kappa shape index (κ1) is 14.2. The van der Waals surface area contributed by atoms with Crippen LogP contribution in [0.25, 0.3) is 0 Å². The molecule has 4 nitrogen and oxygen atoms in total. The van der Waals surface area contributed by atoms with Crippen LogP contribution in [-0.2, 0) is 4.79 Å². The van der Waals surface area contributed by atoms with E-state index in [1.165, 1.54) is 0 Å². The van der Waals surface area contributed by atoms with E-state index >= 15 is 0 Å². The van der Waals surface area contributed by atoms with E-state index in [2.05, 4.69) is 13.8 Å². The second-order valence-electron chi connectivity index (χ2n) is 7.90. The molecule has 20 heavy (non-hydrogen) atoms. The van der Waals surface area contributed by atoms with Gasteiger partial charge in [-0.3, -0.25) is 4.79 Å². The molecule has 0 aromatic carbocycles. The zero-order chi connectivity index (χ0) is 14.9. The van der Waals surface area contributed by atoms with Crippen LogP contribution in [0, 0.1) is 17.3 Å². The molecule has 0 saturated heterocycles. The molecular weight excluding hydrogens is 256 g/mol. The van der Waals surface area contributed by atoms with E-state index in [1.807, 2.05) is 0 Å². The number of aliphatic hydroxyl groups is 3. The minimum absolute atomic E-state index is 0.0295. The molecule has 1 saturated carbocycles. The second kappa shape index (κ2) is 4.15. The smallest absolute Gasteiger partial charge is 0.162 e. The summed E-state index contributed by atoms with van der Waals surface area (Å²) < 4.78 is 0. The molecule has 0 aliphatic heterocycles. The van der Waals surface area contributed by atoms with Gasteiger partial charge in [0, 0.05) is 18.4 Å². The minimum Gasteiger partial charge on any atom is -0.390 e. The van der Waals surface area contributed by atoms with Crippen molar-refractivity contribution in [1.82, 2.24) is 0 Å². The molecule has 0 radical (unpaired) electrons. The lowest BCUT2D eigenvalue weighted by atomic mass is 9.77. The van der Waals surface area contributed by atoms with Gasteiger partial charge in [-0.15, -0.1) is 0 Å². The van der Waals surface area contributed by atoms with Crippen LogP contribution >= 0.6 is 0 Å². The van der Waals surface area contributed by atoms with Gasteiger partial charge in [0.05, 0.1) is 17.8 Å². The Morgan fingerprint density at radius 2 is 1.80 bits per heavy atom. The van der Waals surface area contributed by atoms with Crippen LogP contribution in [-0.4, -0.2) is 38.9 Å². The maximum atomic E-state index is 12.0. The highest BCUT2D eigenvalue weighted by Crippen LogP contribution is 2.55. The molecule has 3 aliphatic rings. The van der Waals surface area contributed by atoms with Crippen LogP contribution in [0.15, 0.2) is 11.1 Å². The quantitative estimate of drug-likeness (QED) is 0.623. The standard InChI is InChI=1S/C16H24O4/c1-15(2)5-8-10(7-15)16(3,20)6-9-11(17)4-12(18)13(9)14(8)19/h8,10,12,14,18-20H,4-7H2,1-3H3/t8-,10+,12?,14+,16+/m1/s1. The number of rotatable bonds is 0. The molecule has 0 spiro atoms. The van der Waals surface area contributed by atoms with Crippen LogP contribution in [0.4, 0.5) is 0 Å². The number of hydrogen-bond donors (Lipinski definition) is 3. The van der Waals surface area contributed by atoms with Gasteiger partial charge >= 0.3 is 0 Å². The second-order valence-corrected chi connectivity index (χ2v) is 7.90. The number of hydrogen-bond acceptors (Lipinski definition) is 4.